The summed E-state index contributed by atoms with van der Waals surface area (Å²) in [5, 5.41) is 14.8. The van der Waals surface area contributed by atoms with Crippen LogP contribution in [-0.2, 0) is 9.47 Å². The zero-order valence-electron chi connectivity index (χ0n) is 19.3. The minimum Gasteiger partial charge on any atom is -0.421 e. The van der Waals surface area contributed by atoms with Crippen LogP contribution in [0.1, 0.15) is 41.2 Å². The van der Waals surface area contributed by atoms with E-state index in [4.69, 9.17) is 19.0 Å². The van der Waals surface area contributed by atoms with E-state index in [2.05, 4.69) is 10.2 Å². The summed E-state index contributed by atoms with van der Waals surface area (Å²) in [6, 6.07) is 13.4. The van der Waals surface area contributed by atoms with Crippen molar-refractivity contribution < 1.29 is 18.7 Å². The van der Waals surface area contributed by atoms with E-state index in [9.17, 15) is 4.79 Å². The Bertz CT molecular complexity index is 1320. The molecule has 1 aliphatic heterocycles. The number of anilines is 1. The van der Waals surface area contributed by atoms with Crippen LogP contribution in [0.2, 0.25) is 0 Å². The van der Waals surface area contributed by atoms with Gasteiger partial charge in [0.05, 0.1) is 23.8 Å². The van der Waals surface area contributed by atoms with Crippen LogP contribution in [0.3, 0.4) is 0 Å². The van der Waals surface area contributed by atoms with Crippen molar-refractivity contribution in [2.45, 2.75) is 44.4 Å². The van der Waals surface area contributed by atoms with Gasteiger partial charge < -0.3 is 13.9 Å². The minimum atomic E-state index is -0.485. The summed E-state index contributed by atoms with van der Waals surface area (Å²) in [4.78, 5) is 16.1. The maximum Gasteiger partial charge on any atom is 0.269 e. The summed E-state index contributed by atoms with van der Waals surface area (Å²) in [7, 11) is 0. The lowest BCUT2D eigenvalue weighted by Crippen LogP contribution is -2.47. The molecule has 2 aliphatic rings. The third-order valence-corrected chi connectivity index (χ3v) is 7.41. The predicted molar refractivity (Wildman–Crippen MR) is 130 cm³/mol. The number of aryl methyl sites for hydroxylation is 1. The molecule has 1 amide bonds. The van der Waals surface area contributed by atoms with Crippen molar-refractivity contribution in [1.82, 2.24) is 20.0 Å². The first-order valence-electron chi connectivity index (χ1n) is 11.7. The first-order chi connectivity index (χ1) is 17.1. The van der Waals surface area contributed by atoms with E-state index in [1.165, 1.54) is 11.3 Å². The molecule has 2 fully saturated rings. The quantitative estimate of drug-likeness (QED) is 0.402. The van der Waals surface area contributed by atoms with Crippen LogP contribution < -0.4 is 4.90 Å². The second-order valence-corrected chi connectivity index (χ2v) is 9.73. The third-order valence-electron chi connectivity index (χ3n) is 6.55. The molecule has 1 aromatic carbocycles. The molecule has 6 rings (SSSR count). The number of thiophene rings is 1. The predicted octanol–water partition coefficient (Wildman–Crippen LogP) is 4.62. The fourth-order valence-corrected chi connectivity index (χ4v) is 5.50. The number of benzene rings is 1. The van der Waals surface area contributed by atoms with Gasteiger partial charge in [0, 0.05) is 43.6 Å². The van der Waals surface area contributed by atoms with Gasteiger partial charge >= 0.3 is 0 Å². The molecule has 1 saturated carbocycles. The number of amides is 1. The van der Waals surface area contributed by atoms with Crippen molar-refractivity contribution in [3.05, 3.63) is 64.8 Å². The third kappa shape index (κ3) is 4.29. The first kappa shape index (κ1) is 22.1. The molecule has 0 atom stereocenters. The molecular weight excluding hydrogens is 466 g/mol. The molecule has 0 bridgehead atoms. The van der Waals surface area contributed by atoms with Gasteiger partial charge in [-0.1, -0.05) is 12.1 Å². The molecule has 0 radical (unpaired) electrons. The van der Waals surface area contributed by atoms with Crippen LogP contribution in [0, 0.1) is 6.92 Å². The molecule has 1 aliphatic carbocycles. The van der Waals surface area contributed by atoms with E-state index in [1.807, 2.05) is 58.9 Å². The molecular formula is C25H25N5O4S. The number of rotatable bonds is 5. The van der Waals surface area contributed by atoms with Gasteiger partial charge in [0.15, 0.2) is 11.6 Å². The fraction of sp³-hybridized carbons (Fsp3) is 0.360. The smallest absolute Gasteiger partial charge is 0.269 e. The Morgan fingerprint density at radius 1 is 1.11 bits per heavy atom. The molecule has 180 valence electrons. The largest absolute Gasteiger partial charge is 0.421 e. The molecule has 4 aromatic rings. The van der Waals surface area contributed by atoms with Crippen molar-refractivity contribution >= 4 is 23.1 Å². The summed E-state index contributed by atoms with van der Waals surface area (Å²) in [6.07, 6.45) is 4.97. The molecule has 9 nitrogen and oxygen atoms in total. The lowest BCUT2D eigenvalue weighted by atomic mass is 9.89. The van der Waals surface area contributed by atoms with Gasteiger partial charge in [-0.3, -0.25) is 9.69 Å². The van der Waals surface area contributed by atoms with E-state index in [-0.39, 0.29) is 11.9 Å². The molecule has 1 saturated heterocycles. The Kier molecular flexibility index (Phi) is 5.71. The van der Waals surface area contributed by atoms with Gasteiger partial charge in [0.1, 0.15) is 0 Å². The highest BCUT2D eigenvalue weighted by Gasteiger charge is 2.43. The van der Waals surface area contributed by atoms with Gasteiger partial charge in [0.2, 0.25) is 11.8 Å². The average molecular weight is 492 g/mol. The Labute approximate surface area is 206 Å². The highest BCUT2D eigenvalue weighted by atomic mass is 32.1. The van der Waals surface area contributed by atoms with Crippen molar-refractivity contribution in [2.75, 3.05) is 18.1 Å². The van der Waals surface area contributed by atoms with E-state index in [1.54, 1.807) is 11.6 Å². The molecule has 0 unspecified atom stereocenters. The van der Waals surface area contributed by atoms with Crippen LogP contribution in [0.25, 0.3) is 17.1 Å². The van der Waals surface area contributed by atoms with E-state index in [0.717, 1.165) is 36.9 Å². The van der Waals surface area contributed by atoms with Gasteiger partial charge in [-0.15, -0.1) is 26.6 Å². The number of nitrogens with zero attached hydrogens (tertiary/aromatic N) is 5. The minimum absolute atomic E-state index is 0.0130. The normalized spacial score (nSPS) is 17.7. The van der Waals surface area contributed by atoms with E-state index < -0.39 is 5.79 Å². The van der Waals surface area contributed by atoms with Crippen LogP contribution in [0.4, 0.5) is 5.82 Å². The molecule has 10 heteroatoms. The van der Waals surface area contributed by atoms with Gasteiger partial charge in [-0.25, -0.2) is 4.68 Å². The number of carbonyl (C=O) groups excluding carboxylic acids is 1. The maximum absolute atomic E-state index is 13.6. The number of hydrogen-bond acceptors (Lipinski definition) is 8. The summed E-state index contributed by atoms with van der Waals surface area (Å²) >= 11 is 1.44. The van der Waals surface area contributed by atoms with Gasteiger partial charge in [-0.05, 0) is 42.5 Å². The van der Waals surface area contributed by atoms with E-state index in [0.29, 0.717) is 35.7 Å². The highest BCUT2D eigenvalue weighted by Crippen LogP contribution is 2.39. The summed E-state index contributed by atoms with van der Waals surface area (Å²) < 4.78 is 19.1. The van der Waals surface area contributed by atoms with Crippen molar-refractivity contribution in [2.24, 2.45) is 0 Å². The number of ether oxygens (including phenoxy) is 2. The second kappa shape index (κ2) is 9.03. The zero-order chi connectivity index (χ0) is 23.8. The highest BCUT2D eigenvalue weighted by molar-refractivity contribution is 7.12. The second-order valence-electron chi connectivity index (χ2n) is 8.79. The molecule has 3 aromatic heterocycles. The van der Waals surface area contributed by atoms with Crippen molar-refractivity contribution in [3.8, 4) is 17.1 Å². The SMILES string of the molecule is Cc1nnc(-c2cccc(-n3ccc(N(C(=O)c4cccs4)C4CCC5(CC4)OCCO5)n3)c2)o1. The summed E-state index contributed by atoms with van der Waals surface area (Å²) in [5.41, 5.74) is 1.64. The Hall–Kier alpha value is -3.34. The van der Waals surface area contributed by atoms with Crippen LogP contribution in [0.15, 0.2) is 58.5 Å². The Morgan fingerprint density at radius 2 is 1.94 bits per heavy atom. The molecule has 35 heavy (non-hydrogen) atoms. The number of hydrogen-bond donors (Lipinski definition) is 0. The molecule has 4 heterocycles. The fourth-order valence-electron chi connectivity index (χ4n) is 4.84. The lowest BCUT2D eigenvalue weighted by molar-refractivity contribution is -0.178. The first-order valence-corrected chi connectivity index (χ1v) is 12.6. The zero-order valence-corrected chi connectivity index (χ0v) is 20.1. The van der Waals surface area contributed by atoms with Crippen molar-refractivity contribution in [3.63, 3.8) is 0 Å². The van der Waals surface area contributed by atoms with Crippen molar-refractivity contribution in [1.29, 1.82) is 0 Å². The number of aromatic nitrogens is 4. The van der Waals surface area contributed by atoms with Crippen LogP contribution in [-0.4, -0.2) is 50.9 Å². The molecule has 0 N–H and O–H groups in total. The average Bonchev–Trinajstić information content (AvgIpc) is 3.69. The van der Waals surface area contributed by atoms with Gasteiger partial charge in [0.25, 0.3) is 5.91 Å². The monoisotopic (exact) mass is 491 g/mol. The topological polar surface area (TPSA) is 95.5 Å². The Morgan fingerprint density at radius 3 is 2.66 bits per heavy atom. The molecule has 1 spiro atoms. The van der Waals surface area contributed by atoms with Crippen LogP contribution >= 0.6 is 11.3 Å². The maximum atomic E-state index is 13.6. The number of carbonyl (C=O) groups is 1. The summed E-state index contributed by atoms with van der Waals surface area (Å²) in [6.45, 7) is 3.03. The lowest BCUT2D eigenvalue weighted by Gasteiger charge is -2.39. The van der Waals surface area contributed by atoms with Crippen LogP contribution in [0.5, 0.6) is 0 Å². The Balaban J connectivity index is 1.30. The van der Waals surface area contributed by atoms with Gasteiger partial charge in [-0.2, -0.15) is 0 Å². The summed E-state index contributed by atoms with van der Waals surface area (Å²) in [5.74, 6) is 1.07. The van der Waals surface area contributed by atoms with E-state index >= 15 is 0 Å². The standard InChI is InChI=1S/C25H25N5O4S/c1-17-26-27-23(34-17)18-4-2-5-20(16-18)29-12-9-22(28-29)30(24(31)21-6-3-15-35-21)19-7-10-25(11-8-19)32-13-14-33-25/h2-6,9,12,15-16,19H,7-8,10-11,13-14H2,1H3.